The highest BCUT2D eigenvalue weighted by molar-refractivity contribution is 6.30. The normalized spacial score (nSPS) is 14.8. The van der Waals surface area contributed by atoms with E-state index in [9.17, 15) is 4.79 Å². The monoisotopic (exact) mass is 328 g/mol. The lowest BCUT2D eigenvalue weighted by molar-refractivity contribution is -0.118. The van der Waals surface area contributed by atoms with Crippen molar-refractivity contribution in [1.29, 1.82) is 0 Å². The molecule has 2 aromatic carbocycles. The summed E-state index contributed by atoms with van der Waals surface area (Å²) in [6, 6.07) is 15.5. The van der Waals surface area contributed by atoms with Crippen molar-refractivity contribution in [3.63, 3.8) is 0 Å². The molecule has 23 heavy (non-hydrogen) atoms. The number of carbonyl (C=O) groups is 1. The molecule has 0 spiro atoms. The fraction of sp³-hybridized carbons (Fsp3) is 0.133. The third-order valence-electron chi connectivity index (χ3n) is 3.18. The summed E-state index contributed by atoms with van der Waals surface area (Å²) in [5, 5.41) is 20.9. The van der Waals surface area contributed by atoms with Crippen LogP contribution in [0.4, 0.5) is 5.69 Å². The lowest BCUT2D eigenvalue weighted by Crippen LogP contribution is -2.37. The van der Waals surface area contributed by atoms with Gasteiger partial charge in [0.2, 0.25) is 12.2 Å². The van der Waals surface area contributed by atoms with E-state index in [-0.39, 0.29) is 5.91 Å². The van der Waals surface area contributed by atoms with Crippen molar-refractivity contribution in [3.8, 4) is 0 Å². The Morgan fingerprint density at radius 1 is 1.00 bits per heavy atom. The fourth-order valence-electron chi connectivity index (χ4n) is 2.10. The van der Waals surface area contributed by atoms with Crippen molar-refractivity contribution in [2.24, 2.45) is 20.7 Å². The summed E-state index contributed by atoms with van der Waals surface area (Å²) in [6.07, 6.45) is -0.670. The van der Waals surface area contributed by atoms with Gasteiger partial charge in [-0.2, -0.15) is 0 Å². The largest absolute Gasteiger partial charge is 0.324 e. The first-order valence-corrected chi connectivity index (χ1v) is 7.27. The minimum atomic E-state index is -0.670. The van der Waals surface area contributed by atoms with Gasteiger partial charge in [0.25, 0.3) is 0 Å². The number of halogens is 1. The number of carbonyl (C=O) groups excluding carboxylic acids is 1. The first-order chi connectivity index (χ1) is 11.2. The molecule has 0 radical (unpaired) electrons. The van der Waals surface area contributed by atoms with Crippen LogP contribution in [0.25, 0.3) is 0 Å². The number of anilines is 1. The quantitative estimate of drug-likeness (QED) is 0.875. The molecule has 1 heterocycles. The Morgan fingerprint density at radius 3 is 2.30 bits per heavy atom. The molecule has 116 valence electrons. The minimum absolute atomic E-state index is 0.240. The lowest BCUT2D eigenvalue weighted by atomic mass is 10.1. The van der Waals surface area contributed by atoms with E-state index >= 15 is 0 Å². The number of nitrogens with one attached hydrogen (secondary N) is 2. The average Bonchev–Trinajstić information content (AvgIpc) is 3.09. The van der Waals surface area contributed by atoms with Crippen molar-refractivity contribution in [2.45, 2.75) is 12.3 Å². The van der Waals surface area contributed by atoms with Gasteiger partial charge >= 0.3 is 0 Å². The summed E-state index contributed by atoms with van der Waals surface area (Å²) >= 11 is 5.85. The van der Waals surface area contributed by atoms with E-state index < -0.39 is 12.3 Å². The van der Waals surface area contributed by atoms with Crippen LogP contribution in [0.5, 0.6) is 0 Å². The molecule has 8 heteroatoms. The number of benzene rings is 2. The van der Waals surface area contributed by atoms with Crippen molar-refractivity contribution in [1.82, 2.24) is 5.32 Å². The molecular weight excluding hydrogens is 316 g/mol. The first-order valence-electron chi connectivity index (χ1n) is 6.90. The van der Waals surface area contributed by atoms with E-state index in [0.29, 0.717) is 10.7 Å². The summed E-state index contributed by atoms with van der Waals surface area (Å²) in [4.78, 5) is 12.6. The van der Waals surface area contributed by atoms with Gasteiger partial charge in [0.05, 0.1) is 0 Å². The molecular formula is C15H13ClN6O. The Labute approximate surface area is 137 Å². The van der Waals surface area contributed by atoms with Crippen LogP contribution >= 0.6 is 11.6 Å². The molecule has 7 nitrogen and oxygen atoms in total. The third-order valence-corrected chi connectivity index (χ3v) is 3.44. The molecule has 1 aliphatic heterocycles. The predicted molar refractivity (Wildman–Crippen MR) is 85.9 cm³/mol. The van der Waals surface area contributed by atoms with Crippen LogP contribution < -0.4 is 10.6 Å². The molecule has 3 rings (SSSR count). The summed E-state index contributed by atoms with van der Waals surface area (Å²) in [5.41, 5.74) is 1.44. The van der Waals surface area contributed by atoms with Crippen molar-refractivity contribution >= 4 is 23.2 Å². The smallest absolute Gasteiger partial charge is 0.246 e. The molecule has 0 fully saturated rings. The van der Waals surface area contributed by atoms with Gasteiger partial charge in [0.1, 0.15) is 6.04 Å². The van der Waals surface area contributed by atoms with E-state index in [4.69, 9.17) is 11.6 Å². The zero-order valence-corrected chi connectivity index (χ0v) is 12.7. The summed E-state index contributed by atoms with van der Waals surface area (Å²) < 4.78 is 0. The Bertz CT molecular complexity index is 719. The van der Waals surface area contributed by atoms with Crippen molar-refractivity contribution < 1.29 is 4.79 Å². The van der Waals surface area contributed by atoms with E-state index in [1.807, 2.05) is 30.3 Å². The molecule has 0 saturated carbocycles. The van der Waals surface area contributed by atoms with Crippen LogP contribution in [-0.4, -0.2) is 12.2 Å². The van der Waals surface area contributed by atoms with Crippen LogP contribution in [0.3, 0.4) is 0 Å². The maximum atomic E-state index is 12.6. The maximum absolute atomic E-state index is 12.6. The van der Waals surface area contributed by atoms with Gasteiger partial charge in [-0.3, -0.25) is 10.1 Å². The van der Waals surface area contributed by atoms with Crippen LogP contribution in [-0.2, 0) is 4.79 Å². The molecule has 1 aliphatic rings. The third kappa shape index (κ3) is 3.97. The zero-order chi connectivity index (χ0) is 16.1. The van der Waals surface area contributed by atoms with Gasteiger partial charge in [-0.05, 0) is 40.3 Å². The van der Waals surface area contributed by atoms with Crippen molar-refractivity contribution in [2.75, 3.05) is 5.32 Å². The molecule has 0 aromatic heterocycles. The number of nitrogens with zero attached hydrogens (tertiary/aromatic N) is 4. The molecule has 1 amide bonds. The summed E-state index contributed by atoms with van der Waals surface area (Å²) in [5.74, 6) is -0.240. The number of hydrogen-bond acceptors (Lipinski definition) is 6. The Hall–Kier alpha value is -2.64. The van der Waals surface area contributed by atoms with E-state index in [1.54, 1.807) is 24.3 Å². The zero-order valence-electron chi connectivity index (χ0n) is 11.9. The van der Waals surface area contributed by atoms with E-state index in [0.717, 1.165) is 5.56 Å². The van der Waals surface area contributed by atoms with E-state index in [2.05, 4.69) is 31.3 Å². The van der Waals surface area contributed by atoms with Crippen LogP contribution in [0.2, 0.25) is 5.02 Å². The lowest BCUT2D eigenvalue weighted by Gasteiger charge is -2.19. The van der Waals surface area contributed by atoms with Gasteiger partial charge in [-0.15, -0.1) is 10.2 Å². The van der Waals surface area contributed by atoms with Crippen LogP contribution in [0, 0.1) is 0 Å². The van der Waals surface area contributed by atoms with Gasteiger partial charge in [-0.25, -0.2) is 0 Å². The Morgan fingerprint density at radius 2 is 1.65 bits per heavy atom. The second kappa shape index (κ2) is 7.08. The maximum Gasteiger partial charge on any atom is 0.246 e. The molecule has 2 N–H and O–H groups in total. The Kier molecular flexibility index (Phi) is 4.70. The van der Waals surface area contributed by atoms with Gasteiger partial charge < -0.3 is 5.32 Å². The molecule has 0 saturated heterocycles. The van der Waals surface area contributed by atoms with Crippen LogP contribution in [0.1, 0.15) is 11.6 Å². The highest BCUT2D eigenvalue weighted by Crippen LogP contribution is 2.19. The van der Waals surface area contributed by atoms with E-state index in [1.165, 1.54) is 0 Å². The summed E-state index contributed by atoms with van der Waals surface area (Å²) in [7, 11) is 0. The van der Waals surface area contributed by atoms with Crippen LogP contribution in [0.15, 0.2) is 75.3 Å². The fourth-order valence-corrected chi connectivity index (χ4v) is 2.23. The number of rotatable bonds is 5. The molecule has 0 unspecified atom stereocenters. The standard InChI is InChI=1S/C15H13ClN6O/c16-11-6-8-12(9-7-11)17-14(23)13(10-4-2-1-3-5-10)18-15-19-21-22-20-15/h1-9,13,15,18H,(H,17,23)/t13-/m0/s1. The molecule has 2 aromatic rings. The minimum Gasteiger partial charge on any atom is -0.324 e. The van der Waals surface area contributed by atoms with Gasteiger partial charge in [0, 0.05) is 10.7 Å². The van der Waals surface area contributed by atoms with Gasteiger partial charge in [0.15, 0.2) is 0 Å². The van der Waals surface area contributed by atoms with Crippen molar-refractivity contribution in [3.05, 3.63) is 65.2 Å². The summed E-state index contributed by atoms with van der Waals surface area (Å²) in [6.45, 7) is 0. The number of hydrogen-bond donors (Lipinski definition) is 2. The Balaban J connectivity index is 1.79. The molecule has 1 atom stereocenters. The highest BCUT2D eigenvalue weighted by atomic mass is 35.5. The predicted octanol–water partition coefficient (Wildman–Crippen LogP) is 3.73. The molecule has 0 bridgehead atoms. The second-order valence-electron chi connectivity index (χ2n) is 4.79. The number of amides is 1. The SMILES string of the molecule is O=C(Nc1ccc(Cl)cc1)[C@@H](NC1N=NN=N1)c1ccccc1. The second-order valence-corrected chi connectivity index (χ2v) is 5.23. The topological polar surface area (TPSA) is 90.6 Å². The molecule has 0 aliphatic carbocycles. The first kappa shape index (κ1) is 15.3. The van der Waals surface area contributed by atoms with Gasteiger partial charge in [-0.1, -0.05) is 41.9 Å². The average molecular weight is 329 g/mol. The highest BCUT2D eigenvalue weighted by Gasteiger charge is 2.25.